The van der Waals surface area contributed by atoms with Gasteiger partial charge in [0.15, 0.2) is 0 Å². The summed E-state index contributed by atoms with van der Waals surface area (Å²) in [6, 6.07) is -0.843. The van der Waals surface area contributed by atoms with Gasteiger partial charge in [0.1, 0.15) is 6.04 Å². The van der Waals surface area contributed by atoms with Gasteiger partial charge in [0.25, 0.3) is 0 Å². The van der Waals surface area contributed by atoms with Crippen molar-refractivity contribution in [1.82, 2.24) is 5.32 Å². The Morgan fingerprint density at radius 2 is 1.67 bits per heavy atom. The third-order valence-electron chi connectivity index (χ3n) is 2.86. The molecule has 0 fully saturated rings. The second kappa shape index (κ2) is 9.62. The highest BCUT2D eigenvalue weighted by atomic mass is 32.2. The fourth-order valence-electron chi connectivity index (χ4n) is 1.63. The maximum Gasteiger partial charge on any atom is 0.322 e. The van der Waals surface area contributed by atoms with Gasteiger partial charge in [0, 0.05) is 17.0 Å². The average molecular weight is 321 g/mol. The molecule has 0 saturated heterocycles. The molecule has 0 saturated carbocycles. The van der Waals surface area contributed by atoms with E-state index in [4.69, 9.17) is 0 Å². The summed E-state index contributed by atoms with van der Waals surface area (Å²) in [6.07, 6.45) is 0.322. The lowest BCUT2D eigenvalue weighted by Gasteiger charge is -2.31. The first kappa shape index (κ1) is 19.7. The molecule has 0 aliphatic heterocycles. The molecule has 0 aromatic heterocycles. The molecule has 0 heterocycles. The smallest absolute Gasteiger partial charge is 0.322 e. The Morgan fingerprint density at radius 1 is 1.14 bits per heavy atom. The molecule has 0 bridgehead atoms. The van der Waals surface area contributed by atoms with Gasteiger partial charge >= 0.3 is 17.9 Å². The number of carbonyl (C=O) groups is 3. The van der Waals surface area contributed by atoms with E-state index in [2.05, 4.69) is 14.8 Å². The number of nitrogens with one attached hydrogen (secondary N) is 1. The first-order chi connectivity index (χ1) is 9.74. The molecule has 1 unspecified atom stereocenters. The molecule has 8 heteroatoms. The molecule has 21 heavy (non-hydrogen) atoms. The van der Waals surface area contributed by atoms with Crippen LogP contribution in [0, 0.1) is 0 Å². The molecule has 0 aliphatic rings. The van der Waals surface area contributed by atoms with E-state index in [0.717, 1.165) is 0 Å². The van der Waals surface area contributed by atoms with Crippen LogP contribution < -0.4 is 5.32 Å². The number of hydrogen-bond acceptors (Lipinski definition) is 7. The third kappa shape index (κ3) is 7.91. The predicted octanol–water partition coefficient (Wildman–Crippen LogP) is 0.667. The van der Waals surface area contributed by atoms with Crippen LogP contribution in [-0.2, 0) is 23.9 Å². The number of carbonyl (C=O) groups excluding carboxylic acids is 2. The molecule has 7 nitrogen and oxygen atoms in total. The van der Waals surface area contributed by atoms with Crippen LogP contribution in [0.15, 0.2) is 0 Å². The highest BCUT2D eigenvalue weighted by Crippen LogP contribution is 2.29. The zero-order chi connectivity index (χ0) is 16.5. The van der Waals surface area contributed by atoms with E-state index in [1.165, 1.54) is 26.0 Å². The van der Waals surface area contributed by atoms with E-state index in [-0.39, 0.29) is 25.4 Å². The minimum Gasteiger partial charge on any atom is -0.480 e. The average Bonchev–Trinajstić information content (AvgIpc) is 2.41. The van der Waals surface area contributed by atoms with Gasteiger partial charge in [-0.25, -0.2) is 0 Å². The fourth-order valence-corrected chi connectivity index (χ4v) is 2.78. The summed E-state index contributed by atoms with van der Waals surface area (Å²) in [7, 11) is 2.59. The van der Waals surface area contributed by atoms with Crippen LogP contribution >= 0.6 is 11.8 Å². The molecule has 0 aromatic rings. The molecule has 122 valence electrons. The van der Waals surface area contributed by atoms with Crippen LogP contribution in [0.3, 0.4) is 0 Å². The number of esters is 2. The summed E-state index contributed by atoms with van der Waals surface area (Å²) in [5, 5.41) is 12.1. The summed E-state index contributed by atoms with van der Waals surface area (Å²) in [6.45, 7) is 3.77. The maximum atomic E-state index is 11.4. The van der Waals surface area contributed by atoms with E-state index in [1.807, 2.05) is 0 Å². The van der Waals surface area contributed by atoms with Crippen LogP contribution in [0.1, 0.15) is 26.7 Å². The monoisotopic (exact) mass is 321 g/mol. The SMILES string of the molecule is COC(=O)CCNC(C(=O)O)C(C)(C)SCCC(=O)OC. The summed E-state index contributed by atoms with van der Waals surface area (Å²) >= 11 is 1.36. The zero-order valence-electron chi connectivity index (χ0n) is 12.8. The van der Waals surface area contributed by atoms with E-state index in [9.17, 15) is 19.5 Å². The molecule has 2 N–H and O–H groups in total. The van der Waals surface area contributed by atoms with Gasteiger partial charge < -0.3 is 19.9 Å². The summed E-state index contributed by atoms with van der Waals surface area (Å²) in [4.78, 5) is 33.5. The normalized spacial score (nSPS) is 12.6. The minimum absolute atomic E-state index is 0.100. The lowest BCUT2D eigenvalue weighted by molar-refractivity contribution is -0.142. The second-order valence-electron chi connectivity index (χ2n) is 4.83. The van der Waals surface area contributed by atoms with E-state index in [0.29, 0.717) is 5.75 Å². The molecule has 0 spiro atoms. The van der Waals surface area contributed by atoms with Crippen molar-refractivity contribution in [3.63, 3.8) is 0 Å². The number of carboxylic acid groups (broad SMARTS) is 1. The lowest BCUT2D eigenvalue weighted by atomic mass is 10.0. The first-order valence-corrected chi connectivity index (χ1v) is 7.47. The van der Waals surface area contributed by atoms with Gasteiger partial charge in [-0.05, 0) is 13.8 Å². The Bertz CT molecular complexity index is 372. The van der Waals surface area contributed by atoms with Crippen molar-refractivity contribution in [2.45, 2.75) is 37.5 Å². The van der Waals surface area contributed by atoms with Crippen LogP contribution in [0.2, 0.25) is 0 Å². The van der Waals surface area contributed by atoms with Crippen LogP contribution in [0.5, 0.6) is 0 Å². The third-order valence-corrected chi connectivity index (χ3v) is 4.24. The number of thioether (sulfide) groups is 1. The van der Waals surface area contributed by atoms with Gasteiger partial charge in [0.2, 0.25) is 0 Å². The van der Waals surface area contributed by atoms with Crippen LogP contribution in [0.25, 0.3) is 0 Å². The van der Waals surface area contributed by atoms with Gasteiger partial charge in [-0.1, -0.05) is 0 Å². The number of carboxylic acids is 1. The van der Waals surface area contributed by atoms with Crippen LogP contribution in [0.4, 0.5) is 0 Å². The van der Waals surface area contributed by atoms with Gasteiger partial charge in [-0.3, -0.25) is 14.4 Å². The topological polar surface area (TPSA) is 102 Å². The predicted molar refractivity (Wildman–Crippen MR) is 79.2 cm³/mol. The Kier molecular flexibility index (Phi) is 9.03. The second-order valence-corrected chi connectivity index (χ2v) is 6.58. The van der Waals surface area contributed by atoms with Crippen molar-refractivity contribution in [2.24, 2.45) is 0 Å². The molecule has 0 amide bonds. The molecule has 1 atom stereocenters. The first-order valence-electron chi connectivity index (χ1n) is 6.48. The highest BCUT2D eigenvalue weighted by molar-refractivity contribution is 8.00. The Hall–Kier alpha value is -1.28. The van der Waals surface area contributed by atoms with Crippen LogP contribution in [-0.4, -0.2) is 60.3 Å². The lowest BCUT2D eigenvalue weighted by Crippen LogP contribution is -2.51. The van der Waals surface area contributed by atoms with Gasteiger partial charge in [-0.15, -0.1) is 0 Å². The van der Waals surface area contributed by atoms with Gasteiger partial charge in [-0.2, -0.15) is 11.8 Å². The Balaban J connectivity index is 4.43. The van der Waals surface area contributed by atoms with E-state index >= 15 is 0 Å². The number of aliphatic carboxylic acids is 1. The Labute approximate surface area is 128 Å². The van der Waals surface area contributed by atoms with Crippen molar-refractivity contribution in [3.05, 3.63) is 0 Å². The number of ether oxygens (including phenoxy) is 2. The summed E-state index contributed by atoms with van der Waals surface area (Å²) in [5.41, 5.74) is 0. The molecule has 0 rings (SSSR count). The molecular weight excluding hydrogens is 298 g/mol. The van der Waals surface area contributed by atoms with Crippen molar-refractivity contribution in [3.8, 4) is 0 Å². The minimum atomic E-state index is -1.00. The Morgan fingerprint density at radius 3 is 2.14 bits per heavy atom. The number of rotatable bonds is 10. The quantitative estimate of drug-likeness (QED) is 0.566. The number of methoxy groups -OCH3 is 2. The molecular formula is C13H23NO6S. The van der Waals surface area contributed by atoms with Crippen molar-refractivity contribution in [1.29, 1.82) is 0 Å². The van der Waals surface area contributed by atoms with E-state index in [1.54, 1.807) is 13.8 Å². The van der Waals surface area contributed by atoms with Crippen molar-refractivity contribution < 1.29 is 29.0 Å². The van der Waals surface area contributed by atoms with E-state index < -0.39 is 22.7 Å². The maximum absolute atomic E-state index is 11.4. The van der Waals surface area contributed by atoms with Crippen molar-refractivity contribution >= 4 is 29.7 Å². The largest absolute Gasteiger partial charge is 0.480 e. The highest BCUT2D eigenvalue weighted by Gasteiger charge is 2.35. The molecule has 0 aromatic carbocycles. The standard InChI is InChI=1S/C13H23NO6S/c1-13(2,21-8-6-10(16)20-4)11(12(17)18)14-7-5-9(15)19-3/h11,14H,5-8H2,1-4H3,(H,17,18). The molecule has 0 radical (unpaired) electrons. The fraction of sp³-hybridized carbons (Fsp3) is 0.769. The summed E-state index contributed by atoms with van der Waals surface area (Å²) in [5.74, 6) is -1.27. The van der Waals surface area contributed by atoms with Gasteiger partial charge in [0.05, 0.1) is 27.1 Å². The number of hydrogen-bond donors (Lipinski definition) is 2. The zero-order valence-corrected chi connectivity index (χ0v) is 13.6. The summed E-state index contributed by atoms with van der Waals surface area (Å²) < 4.78 is 8.40. The van der Waals surface area contributed by atoms with Crippen molar-refractivity contribution in [2.75, 3.05) is 26.5 Å². The molecule has 0 aliphatic carbocycles.